The fourth-order valence-electron chi connectivity index (χ4n) is 2.51. The third-order valence-electron chi connectivity index (χ3n) is 3.84. The number of rotatable bonds is 2. The normalized spacial score (nSPS) is 10.9. The molecule has 0 saturated heterocycles. The van der Waals surface area contributed by atoms with Gasteiger partial charge in [0.1, 0.15) is 39.3 Å². The smallest absolute Gasteiger partial charge is 0.253 e. The lowest BCUT2D eigenvalue weighted by Gasteiger charge is -2.12. The van der Waals surface area contributed by atoms with Gasteiger partial charge >= 0.3 is 0 Å². The van der Waals surface area contributed by atoms with Crippen molar-refractivity contribution in [1.29, 1.82) is 0 Å². The second-order valence-electron chi connectivity index (χ2n) is 5.18. The van der Waals surface area contributed by atoms with Crippen molar-refractivity contribution in [3.63, 3.8) is 0 Å². The Labute approximate surface area is 135 Å². The standard InChI is InChI=1S/C16H13N3O5/c1-6-14(22)8(5-20)11-13(15(6)23)19-10-7(16(24)17-2)3-4-9(21)12(10)18-11/h3-5,21-23H,1-2H3,(H,17,24). The van der Waals surface area contributed by atoms with Crippen molar-refractivity contribution < 1.29 is 24.9 Å². The van der Waals surface area contributed by atoms with Gasteiger partial charge in [0.25, 0.3) is 5.91 Å². The van der Waals surface area contributed by atoms with E-state index in [1.807, 2.05) is 0 Å². The zero-order chi connectivity index (χ0) is 17.6. The fraction of sp³-hybridized carbons (Fsp3) is 0.125. The average Bonchev–Trinajstić information content (AvgIpc) is 2.59. The van der Waals surface area contributed by atoms with E-state index in [2.05, 4.69) is 15.3 Å². The molecule has 24 heavy (non-hydrogen) atoms. The molecular formula is C16H13N3O5. The van der Waals surface area contributed by atoms with Gasteiger partial charge in [-0.2, -0.15) is 0 Å². The summed E-state index contributed by atoms with van der Waals surface area (Å²) in [5.41, 5.74) is 0.00312. The second kappa shape index (κ2) is 5.34. The van der Waals surface area contributed by atoms with Crippen LogP contribution in [0.25, 0.3) is 22.1 Å². The predicted octanol–water partition coefficient (Wildman–Crippen LogP) is 1.38. The number of hydrogen-bond acceptors (Lipinski definition) is 7. The van der Waals surface area contributed by atoms with Gasteiger partial charge in [0.2, 0.25) is 0 Å². The van der Waals surface area contributed by atoms with Gasteiger partial charge in [-0.15, -0.1) is 0 Å². The van der Waals surface area contributed by atoms with Gasteiger partial charge in [-0.3, -0.25) is 9.59 Å². The predicted molar refractivity (Wildman–Crippen MR) is 85.6 cm³/mol. The van der Waals surface area contributed by atoms with Gasteiger partial charge in [0.15, 0.2) is 6.29 Å². The maximum atomic E-state index is 12.0. The van der Waals surface area contributed by atoms with E-state index >= 15 is 0 Å². The molecule has 0 unspecified atom stereocenters. The fourth-order valence-corrected chi connectivity index (χ4v) is 2.51. The number of carbonyl (C=O) groups is 2. The number of phenolic OH excluding ortho intramolecular Hbond substituents is 3. The first-order chi connectivity index (χ1) is 11.4. The van der Waals surface area contributed by atoms with Crippen LogP contribution in [0.1, 0.15) is 26.3 Å². The molecule has 0 bridgehead atoms. The van der Waals surface area contributed by atoms with E-state index in [4.69, 9.17) is 0 Å². The van der Waals surface area contributed by atoms with Crippen molar-refractivity contribution in [2.24, 2.45) is 0 Å². The first kappa shape index (κ1) is 15.5. The van der Waals surface area contributed by atoms with Crippen molar-refractivity contribution in [3.8, 4) is 17.2 Å². The monoisotopic (exact) mass is 327 g/mol. The van der Waals surface area contributed by atoms with Crippen LogP contribution in [0.5, 0.6) is 17.2 Å². The maximum Gasteiger partial charge on any atom is 0.253 e. The summed E-state index contributed by atoms with van der Waals surface area (Å²) < 4.78 is 0. The number of aromatic hydroxyl groups is 3. The van der Waals surface area contributed by atoms with Gasteiger partial charge in [0, 0.05) is 12.6 Å². The number of hydrogen-bond donors (Lipinski definition) is 4. The molecule has 8 heteroatoms. The number of carbonyl (C=O) groups excluding carboxylic acids is 2. The Morgan fingerprint density at radius 2 is 1.71 bits per heavy atom. The molecule has 1 amide bonds. The minimum absolute atomic E-state index is 0.0191. The molecule has 0 atom stereocenters. The molecule has 122 valence electrons. The minimum atomic E-state index is -0.445. The Hall–Kier alpha value is -3.42. The average molecular weight is 327 g/mol. The van der Waals surface area contributed by atoms with E-state index in [0.29, 0.717) is 6.29 Å². The van der Waals surface area contributed by atoms with Crippen LogP contribution in [0.2, 0.25) is 0 Å². The van der Waals surface area contributed by atoms with Crippen LogP contribution in [-0.4, -0.2) is 44.5 Å². The highest BCUT2D eigenvalue weighted by Crippen LogP contribution is 2.38. The number of aromatic nitrogens is 2. The van der Waals surface area contributed by atoms with Crippen molar-refractivity contribution in [3.05, 3.63) is 28.8 Å². The molecule has 8 nitrogen and oxygen atoms in total. The molecule has 3 rings (SSSR count). The van der Waals surface area contributed by atoms with E-state index < -0.39 is 11.7 Å². The van der Waals surface area contributed by atoms with Crippen LogP contribution in [0.3, 0.4) is 0 Å². The summed E-state index contributed by atoms with van der Waals surface area (Å²) in [6.45, 7) is 1.42. The summed E-state index contributed by atoms with van der Waals surface area (Å²) in [5, 5.41) is 32.7. The number of nitrogens with one attached hydrogen (secondary N) is 1. The first-order valence-electron chi connectivity index (χ1n) is 6.95. The number of nitrogens with zero attached hydrogens (tertiary/aromatic N) is 2. The Morgan fingerprint density at radius 1 is 1.04 bits per heavy atom. The topological polar surface area (TPSA) is 133 Å². The second-order valence-corrected chi connectivity index (χ2v) is 5.18. The molecule has 0 aliphatic rings. The van der Waals surface area contributed by atoms with E-state index in [1.165, 1.54) is 26.1 Å². The lowest BCUT2D eigenvalue weighted by atomic mass is 10.0. The molecule has 1 heterocycles. The Kier molecular flexibility index (Phi) is 3.44. The van der Waals surface area contributed by atoms with Crippen molar-refractivity contribution in [2.75, 3.05) is 7.05 Å². The number of aldehydes is 1. The zero-order valence-electron chi connectivity index (χ0n) is 12.8. The van der Waals surface area contributed by atoms with Crippen LogP contribution >= 0.6 is 0 Å². The molecule has 2 aromatic carbocycles. The lowest BCUT2D eigenvalue weighted by Crippen LogP contribution is -2.18. The highest BCUT2D eigenvalue weighted by Gasteiger charge is 2.21. The molecular weight excluding hydrogens is 314 g/mol. The summed E-state index contributed by atoms with van der Waals surface area (Å²) in [4.78, 5) is 31.7. The van der Waals surface area contributed by atoms with Crippen LogP contribution in [0.4, 0.5) is 0 Å². The van der Waals surface area contributed by atoms with Gasteiger partial charge in [-0.1, -0.05) is 0 Å². The van der Waals surface area contributed by atoms with Gasteiger partial charge < -0.3 is 20.6 Å². The Balaban J connectivity index is 2.57. The van der Waals surface area contributed by atoms with E-state index in [0.717, 1.165) is 0 Å². The maximum absolute atomic E-state index is 12.0. The summed E-state index contributed by atoms with van der Waals surface area (Å²) in [6.07, 6.45) is 0.393. The van der Waals surface area contributed by atoms with E-state index in [9.17, 15) is 24.9 Å². The minimum Gasteiger partial charge on any atom is -0.507 e. The molecule has 0 saturated carbocycles. The van der Waals surface area contributed by atoms with Crippen LogP contribution in [-0.2, 0) is 0 Å². The zero-order valence-corrected chi connectivity index (χ0v) is 12.8. The van der Waals surface area contributed by atoms with Crippen molar-refractivity contribution >= 4 is 34.3 Å². The molecule has 4 N–H and O–H groups in total. The van der Waals surface area contributed by atoms with E-state index in [1.54, 1.807) is 0 Å². The van der Waals surface area contributed by atoms with E-state index in [-0.39, 0.29) is 50.3 Å². The largest absolute Gasteiger partial charge is 0.507 e. The molecule has 0 aliphatic heterocycles. The first-order valence-corrected chi connectivity index (χ1v) is 6.95. The molecule has 0 spiro atoms. The summed E-state index contributed by atoms with van der Waals surface area (Å²) in [5.74, 6) is -1.46. The van der Waals surface area contributed by atoms with Crippen LogP contribution in [0, 0.1) is 6.92 Å². The molecule has 3 aromatic rings. The summed E-state index contributed by atoms with van der Waals surface area (Å²) in [7, 11) is 1.44. The lowest BCUT2D eigenvalue weighted by molar-refractivity contribution is 0.0964. The molecule has 0 aliphatic carbocycles. The van der Waals surface area contributed by atoms with Crippen LogP contribution < -0.4 is 5.32 Å². The van der Waals surface area contributed by atoms with Gasteiger partial charge in [-0.05, 0) is 19.1 Å². The van der Waals surface area contributed by atoms with Crippen molar-refractivity contribution in [1.82, 2.24) is 15.3 Å². The number of benzene rings is 2. The Bertz CT molecular complexity index is 1030. The highest BCUT2D eigenvalue weighted by atomic mass is 16.3. The number of phenols is 3. The SMILES string of the molecule is CNC(=O)c1ccc(O)c2nc3c(C=O)c(O)c(C)c(O)c3nc12. The number of fused-ring (bicyclic) bond motifs is 2. The molecule has 0 radical (unpaired) electrons. The molecule has 1 aromatic heterocycles. The quantitative estimate of drug-likeness (QED) is 0.413. The summed E-state index contributed by atoms with van der Waals surface area (Å²) >= 11 is 0. The van der Waals surface area contributed by atoms with Gasteiger partial charge in [-0.25, -0.2) is 9.97 Å². The molecule has 0 fully saturated rings. The third kappa shape index (κ3) is 2.00. The third-order valence-corrected chi connectivity index (χ3v) is 3.84. The highest BCUT2D eigenvalue weighted by molar-refractivity contribution is 6.09. The Morgan fingerprint density at radius 3 is 2.33 bits per heavy atom. The van der Waals surface area contributed by atoms with Crippen molar-refractivity contribution in [2.45, 2.75) is 6.92 Å². The number of amides is 1. The van der Waals surface area contributed by atoms with Gasteiger partial charge in [0.05, 0.1) is 11.1 Å². The summed E-state index contributed by atoms with van der Waals surface area (Å²) in [6, 6.07) is 2.66. The van der Waals surface area contributed by atoms with Crippen LogP contribution in [0.15, 0.2) is 12.1 Å².